The molecule has 4 rings (SSSR count). The number of nitrogens with zero attached hydrogens (tertiary/aromatic N) is 5. The summed E-state index contributed by atoms with van der Waals surface area (Å²) >= 11 is 0. The molecule has 7 nitrogen and oxygen atoms in total. The Morgan fingerprint density at radius 2 is 1.65 bits per heavy atom. The predicted molar refractivity (Wildman–Crippen MR) is 115 cm³/mol. The molecule has 2 saturated heterocycles. The number of piperidine rings is 1. The first-order valence-corrected chi connectivity index (χ1v) is 10.6. The Morgan fingerprint density at radius 1 is 1.03 bits per heavy atom. The highest BCUT2D eigenvalue weighted by Gasteiger charge is 2.30. The molecule has 0 saturated carbocycles. The maximum Gasteiger partial charge on any atom is 0.337 e. The van der Waals surface area contributed by atoms with E-state index in [2.05, 4.69) is 9.97 Å². The molecule has 0 N–H and O–H groups in total. The fourth-order valence-electron chi connectivity index (χ4n) is 4.33. The van der Waals surface area contributed by atoms with E-state index in [-0.39, 0.29) is 28.5 Å². The maximum atomic E-state index is 14.7. The summed E-state index contributed by atoms with van der Waals surface area (Å²) in [6.45, 7) is 4.28. The Balaban J connectivity index is 1.91. The van der Waals surface area contributed by atoms with E-state index in [1.54, 1.807) is 6.92 Å². The lowest BCUT2D eigenvalue weighted by molar-refractivity contribution is -0.384. The van der Waals surface area contributed by atoms with Gasteiger partial charge in [0.05, 0.1) is 16.2 Å². The van der Waals surface area contributed by atoms with Crippen LogP contribution in [0.5, 0.6) is 0 Å². The van der Waals surface area contributed by atoms with E-state index in [9.17, 15) is 18.9 Å². The Hall–Kier alpha value is -3.10. The summed E-state index contributed by atoms with van der Waals surface area (Å²) in [7, 11) is 0. The van der Waals surface area contributed by atoms with Gasteiger partial charge in [-0.05, 0) is 57.2 Å². The molecule has 0 atom stereocenters. The van der Waals surface area contributed by atoms with Crippen molar-refractivity contribution in [3.05, 3.63) is 57.0 Å². The van der Waals surface area contributed by atoms with Crippen LogP contribution in [0.1, 0.15) is 49.2 Å². The molecule has 9 heteroatoms. The minimum absolute atomic E-state index is 0.0719. The van der Waals surface area contributed by atoms with E-state index < -0.39 is 16.6 Å². The number of halogens is 2. The number of aromatic nitrogens is 2. The van der Waals surface area contributed by atoms with Crippen molar-refractivity contribution in [2.75, 3.05) is 31.1 Å². The number of aryl methyl sites for hydroxylation is 1. The van der Waals surface area contributed by atoms with Gasteiger partial charge in [0.15, 0.2) is 0 Å². The third kappa shape index (κ3) is 4.35. The van der Waals surface area contributed by atoms with Gasteiger partial charge in [0, 0.05) is 26.2 Å². The first-order chi connectivity index (χ1) is 15.0. The smallest absolute Gasteiger partial charge is 0.337 e. The van der Waals surface area contributed by atoms with E-state index in [4.69, 9.17) is 0 Å². The monoisotopic (exact) mass is 429 g/mol. The summed E-state index contributed by atoms with van der Waals surface area (Å²) in [5.74, 6) is -0.754. The number of hydrogen-bond donors (Lipinski definition) is 0. The van der Waals surface area contributed by atoms with Crippen molar-refractivity contribution in [2.24, 2.45) is 0 Å². The molecule has 164 valence electrons. The van der Waals surface area contributed by atoms with Gasteiger partial charge in [-0.1, -0.05) is 6.07 Å². The standard InChI is InChI=1S/C22H25F2N5O2/c1-15-25-18(21(29(30)31)22(26-15)28-12-3-2-4-13-28)14-19(27-10-5-6-11-27)20-16(23)8-7-9-17(20)24/h7-9,14H,2-6,10-13H2,1H3/b19-14-. The first-order valence-electron chi connectivity index (χ1n) is 10.6. The number of rotatable bonds is 5. The third-order valence-electron chi connectivity index (χ3n) is 5.78. The SMILES string of the molecule is Cc1nc(/C=C(/c2c(F)cccc2F)N2CCCC2)c([N+](=O)[O-])c(N2CCCCC2)n1. The molecular formula is C22H25F2N5O2. The second-order valence-corrected chi connectivity index (χ2v) is 7.95. The van der Waals surface area contributed by atoms with E-state index in [0.29, 0.717) is 32.0 Å². The van der Waals surface area contributed by atoms with Crippen molar-refractivity contribution in [3.8, 4) is 0 Å². The van der Waals surface area contributed by atoms with Crippen LogP contribution < -0.4 is 4.90 Å². The lowest BCUT2D eigenvalue weighted by atomic mass is 10.1. The van der Waals surface area contributed by atoms with Gasteiger partial charge in [-0.2, -0.15) is 0 Å². The van der Waals surface area contributed by atoms with Crippen molar-refractivity contribution in [1.82, 2.24) is 14.9 Å². The highest BCUT2D eigenvalue weighted by molar-refractivity contribution is 5.84. The van der Waals surface area contributed by atoms with Gasteiger partial charge in [-0.25, -0.2) is 18.7 Å². The summed E-state index contributed by atoms with van der Waals surface area (Å²) in [5.41, 5.74) is -0.0584. The molecule has 0 spiro atoms. The summed E-state index contributed by atoms with van der Waals surface area (Å²) in [5, 5.41) is 12.1. The van der Waals surface area contributed by atoms with Gasteiger partial charge >= 0.3 is 5.69 Å². The number of benzene rings is 1. The molecule has 0 aliphatic carbocycles. The molecule has 0 radical (unpaired) electrons. The van der Waals surface area contributed by atoms with Crippen LogP contribution in [-0.2, 0) is 0 Å². The van der Waals surface area contributed by atoms with Crippen LogP contribution in [-0.4, -0.2) is 46.0 Å². The first kappa shape index (κ1) is 21.1. The minimum atomic E-state index is -0.706. The molecule has 1 aromatic carbocycles. The van der Waals surface area contributed by atoms with Crippen LogP contribution in [0.15, 0.2) is 18.2 Å². The molecule has 2 aromatic rings. The fraction of sp³-hybridized carbons (Fsp3) is 0.455. The second kappa shape index (κ2) is 8.95. The number of nitro groups is 1. The van der Waals surface area contributed by atoms with E-state index in [1.165, 1.54) is 24.3 Å². The summed E-state index contributed by atoms with van der Waals surface area (Å²) < 4.78 is 29.4. The van der Waals surface area contributed by atoms with Gasteiger partial charge < -0.3 is 9.80 Å². The zero-order valence-corrected chi connectivity index (χ0v) is 17.5. The Bertz CT molecular complexity index is 995. The molecule has 3 heterocycles. The van der Waals surface area contributed by atoms with Crippen molar-refractivity contribution < 1.29 is 13.7 Å². The molecule has 2 fully saturated rings. The molecule has 31 heavy (non-hydrogen) atoms. The highest BCUT2D eigenvalue weighted by atomic mass is 19.1. The van der Waals surface area contributed by atoms with Gasteiger partial charge in [0.1, 0.15) is 23.2 Å². The minimum Gasteiger partial charge on any atom is -0.371 e. The number of likely N-dealkylation sites (tertiary alicyclic amines) is 1. The zero-order valence-electron chi connectivity index (χ0n) is 17.5. The van der Waals surface area contributed by atoms with Crippen LogP contribution in [0.25, 0.3) is 11.8 Å². The average molecular weight is 429 g/mol. The van der Waals surface area contributed by atoms with Crippen LogP contribution in [0.4, 0.5) is 20.3 Å². The lowest BCUT2D eigenvalue weighted by Crippen LogP contribution is -2.31. The molecule has 0 unspecified atom stereocenters. The van der Waals surface area contributed by atoms with Gasteiger partial charge in [-0.3, -0.25) is 10.1 Å². The van der Waals surface area contributed by atoms with Crippen LogP contribution in [0.2, 0.25) is 0 Å². The van der Waals surface area contributed by atoms with E-state index >= 15 is 0 Å². The lowest BCUT2D eigenvalue weighted by Gasteiger charge is -2.28. The van der Waals surface area contributed by atoms with E-state index in [0.717, 1.165) is 32.1 Å². The molecular weight excluding hydrogens is 404 g/mol. The normalized spacial score (nSPS) is 17.3. The number of hydrogen-bond acceptors (Lipinski definition) is 6. The fourth-order valence-corrected chi connectivity index (χ4v) is 4.33. The Labute approximate surface area is 179 Å². The molecule has 2 aliphatic rings. The summed E-state index contributed by atoms with van der Waals surface area (Å²) in [4.78, 5) is 24.1. The molecule has 2 aliphatic heterocycles. The molecule has 1 aromatic heterocycles. The van der Waals surface area contributed by atoms with Crippen molar-refractivity contribution in [1.29, 1.82) is 0 Å². The Kier molecular flexibility index (Phi) is 6.11. The Morgan fingerprint density at radius 3 is 2.26 bits per heavy atom. The highest BCUT2D eigenvalue weighted by Crippen LogP contribution is 2.36. The molecule has 0 amide bonds. The second-order valence-electron chi connectivity index (χ2n) is 7.95. The van der Waals surface area contributed by atoms with Crippen molar-refractivity contribution in [2.45, 2.75) is 39.0 Å². The third-order valence-corrected chi connectivity index (χ3v) is 5.78. The van der Waals surface area contributed by atoms with Crippen LogP contribution in [0, 0.1) is 28.7 Å². The van der Waals surface area contributed by atoms with Gasteiger partial charge in [0.2, 0.25) is 5.82 Å². The quantitative estimate of drug-likeness (QED) is 0.513. The van der Waals surface area contributed by atoms with Crippen molar-refractivity contribution in [3.63, 3.8) is 0 Å². The predicted octanol–water partition coefficient (Wildman–Crippen LogP) is 4.56. The van der Waals surface area contributed by atoms with E-state index in [1.807, 2.05) is 9.80 Å². The summed E-state index contributed by atoms with van der Waals surface area (Å²) in [6, 6.07) is 3.70. The zero-order chi connectivity index (χ0) is 22.0. The van der Waals surface area contributed by atoms with Gasteiger partial charge in [0.25, 0.3) is 0 Å². The van der Waals surface area contributed by atoms with Crippen molar-refractivity contribution >= 4 is 23.3 Å². The van der Waals surface area contributed by atoms with Crippen LogP contribution in [0.3, 0.4) is 0 Å². The summed E-state index contributed by atoms with van der Waals surface area (Å²) in [6.07, 6.45) is 6.17. The molecule has 0 bridgehead atoms. The number of anilines is 1. The van der Waals surface area contributed by atoms with Gasteiger partial charge in [-0.15, -0.1) is 0 Å². The maximum absolute atomic E-state index is 14.7. The topological polar surface area (TPSA) is 75.4 Å². The largest absolute Gasteiger partial charge is 0.371 e. The average Bonchev–Trinajstić information content (AvgIpc) is 3.27. The van der Waals surface area contributed by atoms with Crippen LogP contribution >= 0.6 is 0 Å².